The molecule has 0 saturated heterocycles. The molecular formula is C17H16N2O4S. The van der Waals surface area contributed by atoms with Crippen LogP contribution in [0.4, 0.5) is 5.69 Å². The number of oxazole rings is 1. The average Bonchev–Trinajstić information content (AvgIpc) is 3.03. The van der Waals surface area contributed by atoms with Crippen LogP contribution in [0.25, 0.3) is 11.1 Å². The van der Waals surface area contributed by atoms with Crippen molar-refractivity contribution in [2.45, 2.75) is 31.2 Å². The Hall–Kier alpha value is -2.54. The van der Waals surface area contributed by atoms with E-state index in [4.69, 9.17) is 4.42 Å². The van der Waals surface area contributed by atoms with Crippen LogP contribution in [0.3, 0.4) is 0 Å². The summed E-state index contributed by atoms with van der Waals surface area (Å²) in [7, 11) is -3.76. The fourth-order valence-corrected chi connectivity index (χ4v) is 5.29. The highest BCUT2D eigenvalue weighted by Gasteiger charge is 2.36. The lowest BCUT2D eigenvalue weighted by molar-refractivity contribution is 0.553. The van der Waals surface area contributed by atoms with Crippen LogP contribution in [-0.2, 0) is 16.4 Å². The third kappa shape index (κ3) is 2.08. The van der Waals surface area contributed by atoms with Crippen LogP contribution in [0, 0.1) is 6.92 Å². The number of hydrogen-bond acceptors (Lipinski definition) is 4. The first kappa shape index (κ1) is 15.0. The van der Waals surface area contributed by atoms with Crippen molar-refractivity contribution in [3.05, 3.63) is 58.1 Å². The third-order valence-corrected chi connectivity index (χ3v) is 6.47. The van der Waals surface area contributed by atoms with Crippen molar-refractivity contribution in [3.8, 4) is 0 Å². The lowest BCUT2D eigenvalue weighted by Gasteiger charge is -2.25. The van der Waals surface area contributed by atoms with Crippen molar-refractivity contribution >= 4 is 26.8 Å². The molecule has 124 valence electrons. The molecule has 3 aromatic rings. The quantitative estimate of drug-likeness (QED) is 0.774. The molecule has 2 heterocycles. The molecule has 0 saturated carbocycles. The maximum absolute atomic E-state index is 13.3. The van der Waals surface area contributed by atoms with E-state index in [9.17, 15) is 13.2 Å². The first-order valence-corrected chi connectivity index (χ1v) is 9.08. The van der Waals surface area contributed by atoms with Crippen molar-refractivity contribution in [1.82, 2.24) is 4.98 Å². The summed E-state index contributed by atoms with van der Waals surface area (Å²) in [5.41, 5.74) is 3.02. The van der Waals surface area contributed by atoms with Crippen LogP contribution < -0.4 is 10.1 Å². The molecule has 7 heteroatoms. The Kier molecular flexibility index (Phi) is 3.11. The fourth-order valence-electron chi connectivity index (χ4n) is 3.37. The van der Waals surface area contributed by atoms with E-state index in [1.807, 2.05) is 31.2 Å². The summed E-state index contributed by atoms with van der Waals surface area (Å²) < 4.78 is 33.0. The number of H-pyrrole nitrogens is 1. The topological polar surface area (TPSA) is 83.4 Å². The number of aryl methyl sites for hydroxylation is 1. The van der Waals surface area contributed by atoms with Crippen LogP contribution in [0.15, 0.2) is 50.5 Å². The molecule has 1 unspecified atom stereocenters. The molecule has 0 amide bonds. The smallest absolute Gasteiger partial charge is 0.408 e. The minimum atomic E-state index is -3.76. The minimum Gasteiger partial charge on any atom is -0.408 e. The van der Waals surface area contributed by atoms with Crippen LogP contribution in [-0.4, -0.2) is 19.4 Å². The molecule has 1 N–H and O–H groups in total. The van der Waals surface area contributed by atoms with Gasteiger partial charge in [-0.05, 0) is 43.5 Å². The van der Waals surface area contributed by atoms with Crippen molar-refractivity contribution in [3.63, 3.8) is 0 Å². The van der Waals surface area contributed by atoms with Gasteiger partial charge in [-0.25, -0.2) is 13.2 Å². The van der Waals surface area contributed by atoms with Crippen molar-refractivity contribution < 1.29 is 12.8 Å². The highest BCUT2D eigenvalue weighted by molar-refractivity contribution is 7.93. The van der Waals surface area contributed by atoms with Gasteiger partial charge in [0.1, 0.15) is 0 Å². The molecule has 1 aromatic heterocycles. The van der Waals surface area contributed by atoms with E-state index in [2.05, 4.69) is 4.98 Å². The monoisotopic (exact) mass is 344 g/mol. The minimum absolute atomic E-state index is 0.154. The molecule has 0 bridgehead atoms. The number of benzene rings is 2. The van der Waals surface area contributed by atoms with Gasteiger partial charge in [0.2, 0.25) is 0 Å². The van der Waals surface area contributed by atoms with Gasteiger partial charge >= 0.3 is 5.76 Å². The van der Waals surface area contributed by atoms with Crippen LogP contribution in [0.1, 0.15) is 18.1 Å². The highest BCUT2D eigenvalue weighted by atomic mass is 32.2. The second-order valence-electron chi connectivity index (χ2n) is 6.11. The number of nitrogens with zero attached hydrogens (tertiary/aromatic N) is 1. The molecule has 0 radical (unpaired) electrons. The van der Waals surface area contributed by atoms with E-state index >= 15 is 0 Å². The first-order chi connectivity index (χ1) is 11.4. The lowest BCUT2D eigenvalue weighted by Crippen LogP contribution is -2.36. The molecule has 6 nitrogen and oxygen atoms in total. The van der Waals surface area contributed by atoms with Gasteiger partial charge in [0, 0.05) is 12.1 Å². The third-order valence-electron chi connectivity index (χ3n) is 4.40. The number of sulfonamides is 1. The zero-order valence-electron chi connectivity index (χ0n) is 13.2. The molecule has 24 heavy (non-hydrogen) atoms. The number of rotatable bonds is 2. The second kappa shape index (κ2) is 4.98. The van der Waals surface area contributed by atoms with Gasteiger partial charge in [-0.2, -0.15) is 0 Å². The number of para-hydroxylation sites is 1. The van der Waals surface area contributed by atoms with Crippen LogP contribution in [0.2, 0.25) is 0 Å². The average molecular weight is 344 g/mol. The standard InChI is InChI=1S/C17H16N2O4S/c1-10-7-13-15(23-17(20)18-13)9-16(10)24(21,22)19-11(2)8-12-5-3-4-6-14(12)19/h3-7,9,11H,8H2,1-2H3,(H,18,20). The number of anilines is 1. The molecular weight excluding hydrogens is 328 g/mol. The molecule has 1 aliphatic heterocycles. The Morgan fingerprint density at radius 1 is 1.25 bits per heavy atom. The van der Waals surface area contributed by atoms with Gasteiger partial charge in [0.25, 0.3) is 10.0 Å². The van der Waals surface area contributed by atoms with Gasteiger partial charge in [-0.1, -0.05) is 18.2 Å². The number of hydrogen-bond donors (Lipinski definition) is 1. The zero-order chi connectivity index (χ0) is 17.1. The Labute approximate surface area is 138 Å². The first-order valence-electron chi connectivity index (χ1n) is 7.64. The number of fused-ring (bicyclic) bond motifs is 2. The summed E-state index contributed by atoms with van der Waals surface area (Å²) in [6.07, 6.45) is 0.677. The van der Waals surface area contributed by atoms with E-state index in [1.165, 1.54) is 10.4 Å². The maximum Gasteiger partial charge on any atom is 0.417 e. The van der Waals surface area contributed by atoms with Gasteiger partial charge < -0.3 is 4.42 Å². The van der Waals surface area contributed by atoms with Gasteiger partial charge in [-0.15, -0.1) is 0 Å². The van der Waals surface area contributed by atoms with Crippen molar-refractivity contribution in [2.75, 3.05) is 4.31 Å². The number of aromatic nitrogens is 1. The summed E-state index contributed by atoms with van der Waals surface area (Å²) in [6, 6.07) is 10.4. The molecule has 1 aliphatic rings. The van der Waals surface area contributed by atoms with E-state index in [1.54, 1.807) is 13.0 Å². The zero-order valence-corrected chi connectivity index (χ0v) is 14.1. The summed E-state index contributed by atoms with van der Waals surface area (Å²) >= 11 is 0. The van der Waals surface area contributed by atoms with Gasteiger partial charge in [0.05, 0.1) is 16.1 Å². The summed E-state index contributed by atoms with van der Waals surface area (Å²) in [6.45, 7) is 3.60. The molecule has 0 aliphatic carbocycles. The Morgan fingerprint density at radius 2 is 2.00 bits per heavy atom. The fraction of sp³-hybridized carbons (Fsp3) is 0.235. The Morgan fingerprint density at radius 3 is 2.79 bits per heavy atom. The molecule has 2 aromatic carbocycles. The predicted octanol–water partition coefficient (Wildman–Crippen LogP) is 2.57. The normalized spacial score (nSPS) is 17.4. The SMILES string of the molecule is Cc1cc2[nH]c(=O)oc2cc1S(=O)(=O)N1c2ccccc2CC1C. The number of aromatic amines is 1. The Balaban J connectivity index is 1.92. The largest absolute Gasteiger partial charge is 0.417 e. The second-order valence-corrected chi connectivity index (χ2v) is 7.89. The Bertz CT molecular complexity index is 1110. The maximum atomic E-state index is 13.3. The van der Waals surface area contributed by atoms with Crippen molar-refractivity contribution in [1.29, 1.82) is 0 Å². The van der Waals surface area contributed by atoms with Crippen molar-refractivity contribution in [2.24, 2.45) is 0 Å². The van der Waals surface area contributed by atoms with E-state index in [0.29, 0.717) is 23.2 Å². The van der Waals surface area contributed by atoms with E-state index in [0.717, 1.165) is 5.56 Å². The molecule has 4 rings (SSSR count). The molecule has 1 atom stereocenters. The summed E-state index contributed by atoms with van der Waals surface area (Å²) in [5.74, 6) is -0.598. The molecule has 0 fully saturated rings. The van der Waals surface area contributed by atoms with Crippen LogP contribution >= 0.6 is 0 Å². The van der Waals surface area contributed by atoms with E-state index < -0.39 is 15.8 Å². The number of nitrogens with one attached hydrogen (secondary N) is 1. The lowest BCUT2D eigenvalue weighted by atomic mass is 10.1. The predicted molar refractivity (Wildman–Crippen MR) is 90.8 cm³/mol. The van der Waals surface area contributed by atoms with Gasteiger partial charge in [0.15, 0.2) is 5.58 Å². The highest BCUT2D eigenvalue weighted by Crippen LogP contribution is 2.37. The summed E-state index contributed by atoms with van der Waals surface area (Å²) in [5, 5.41) is 0. The van der Waals surface area contributed by atoms with Crippen LogP contribution in [0.5, 0.6) is 0 Å². The van der Waals surface area contributed by atoms with Gasteiger partial charge in [-0.3, -0.25) is 9.29 Å². The summed E-state index contributed by atoms with van der Waals surface area (Å²) in [4.78, 5) is 14.0. The van der Waals surface area contributed by atoms with E-state index in [-0.39, 0.29) is 16.5 Å². The molecule has 0 spiro atoms.